The molecule has 3 N–H and O–H groups in total. The molecule has 94 valence electrons. The van der Waals surface area contributed by atoms with E-state index in [1.54, 1.807) is 0 Å². The summed E-state index contributed by atoms with van der Waals surface area (Å²) in [6.45, 7) is 3.30. The maximum atomic E-state index is 10.9. The zero-order valence-electron chi connectivity index (χ0n) is 10.2. The first-order chi connectivity index (χ1) is 8.24. The summed E-state index contributed by atoms with van der Waals surface area (Å²) in [5, 5.41) is 2.70. The number of rotatable bonds is 7. The number of ether oxygens (including phenoxy) is 1. The van der Waals surface area contributed by atoms with Gasteiger partial charge in [-0.2, -0.15) is 0 Å². The Morgan fingerprint density at radius 1 is 1.41 bits per heavy atom. The van der Waals surface area contributed by atoms with E-state index < -0.39 is 0 Å². The Labute approximate surface area is 102 Å². The molecule has 0 spiro atoms. The summed E-state index contributed by atoms with van der Waals surface area (Å²) in [7, 11) is 0. The van der Waals surface area contributed by atoms with Gasteiger partial charge in [0.2, 0.25) is 5.91 Å². The van der Waals surface area contributed by atoms with Crippen LogP contribution in [-0.4, -0.2) is 25.6 Å². The van der Waals surface area contributed by atoms with Crippen LogP contribution in [0.3, 0.4) is 0 Å². The topological polar surface area (TPSA) is 64.3 Å². The molecule has 0 radical (unpaired) electrons. The molecule has 0 aliphatic heterocycles. The fourth-order valence-corrected chi connectivity index (χ4v) is 1.45. The van der Waals surface area contributed by atoms with Gasteiger partial charge in [-0.3, -0.25) is 4.79 Å². The molecule has 1 rings (SSSR count). The SMILES string of the molecule is CC(OCCCNC(=O)CN)c1ccccc1. The number of nitrogens with one attached hydrogen (secondary N) is 1. The van der Waals surface area contributed by atoms with E-state index in [4.69, 9.17) is 10.5 Å². The van der Waals surface area contributed by atoms with E-state index in [2.05, 4.69) is 5.32 Å². The quantitative estimate of drug-likeness (QED) is 0.700. The monoisotopic (exact) mass is 236 g/mol. The highest BCUT2D eigenvalue weighted by Crippen LogP contribution is 2.15. The van der Waals surface area contributed by atoms with E-state index in [9.17, 15) is 4.79 Å². The van der Waals surface area contributed by atoms with Crippen molar-refractivity contribution in [3.05, 3.63) is 35.9 Å². The molecular formula is C13H20N2O2. The van der Waals surface area contributed by atoms with Gasteiger partial charge in [-0.05, 0) is 18.9 Å². The van der Waals surface area contributed by atoms with Crippen LogP contribution in [0.25, 0.3) is 0 Å². The zero-order chi connectivity index (χ0) is 12.5. The molecule has 1 amide bonds. The van der Waals surface area contributed by atoms with E-state index in [1.807, 2.05) is 37.3 Å². The first kappa shape index (κ1) is 13.7. The lowest BCUT2D eigenvalue weighted by atomic mass is 10.1. The molecule has 4 nitrogen and oxygen atoms in total. The maximum absolute atomic E-state index is 10.9. The zero-order valence-corrected chi connectivity index (χ0v) is 10.2. The first-order valence-electron chi connectivity index (χ1n) is 5.87. The van der Waals surface area contributed by atoms with E-state index in [0.29, 0.717) is 13.2 Å². The van der Waals surface area contributed by atoms with Gasteiger partial charge in [0.1, 0.15) is 0 Å². The van der Waals surface area contributed by atoms with Crippen LogP contribution in [0.15, 0.2) is 30.3 Å². The van der Waals surface area contributed by atoms with E-state index >= 15 is 0 Å². The molecule has 1 atom stereocenters. The summed E-state index contributed by atoms with van der Waals surface area (Å²) >= 11 is 0. The van der Waals surface area contributed by atoms with Crippen molar-refractivity contribution in [3.8, 4) is 0 Å². The fourth-order valence-electron chi connectivity index (χ4n) is 1.45. The number of amides is 1. The summed E-state index contributed by atoms with van der Waals surface area (Å²) in [4.78, 5) is 10.9. The lowest BCUT2D eigenvalue weighted by Gasteiger charge is -2.13. The Balaban J connectivity index is 2.13. The lowest BCUT2D eigenvalue weighted by molar-refractivity contribution is -0.119. The van der Waals surface area contributed by atoms with E-state index in [1.165, 1.54) is 5.56 Å². The first-order valence-corrected chi connectivity index (χ1v) is 5.87. The van der Waals surface area contributed by atoms with Crippen molar-refractivity contribution in [2.75, 3.05) is 19.7 Å². The number of hydrogen-bond acceptors (Lipinski definition) is 3. The minimum absolute atomic E-state index is 0.0429. The Kier molecular flexibility index (Phi) is 6.29. The molecule has 17 heavy (non-hydrogen) atoms. The summed E-state index contributed by atoms with van der Waals surface area (Å²) in [5.74, 6) is -0.124. The number of carbonyl (C=O) groups is 1. The van der Waals surface area contributed by atoms with Crippen LogP contribution < -0.4 is 11.1 Å². The van der Waals surface area contributed by atoms with Gasteiger partial charge < -0.3 is 15.8 Å². The Bertz CT molecular complexity index is 327. The second-order valence-corrected chi connectivity index (χ2v) is 3.83. The summed E-state index contributed by atoms with van der Waals surface area (Å²) < 4.78 is 5.66. The van der Waals surface area contributed by atoms with Crippen LogP contribution >= 0.6 is 0 Å². The van der Waals surface area contributed by atoms with Gasteiger partial charge in [0.15, 0.2) is 0 Å². The van der Waals surface area contributed by atoms with Gasteiger partial charge in [-0.1, -0.05) is 30.3 Å². The fraction of sp³-hybridized carbons (Fsp3) is 0.462. The van der Waals surface area contributed by atoms with Crippen molar-refractivity contribution in [2.24, 2.45) is 5.73 Å². The number of carbonyl (C=O) groups excluding carboxylic acids is 1. The molecule has 0 aliphatic rings. The van der Waals surface area contributed by atoms with Crippen molar-refractivity contribution in [3.63, 3.8) is 0 Å². The lowest BCUT2D eigenvalue weighted by Crippen LogP contribution is -2.31. The molecule has 0 saturated heterocycles. The number of benzene rings is 1. The van der Waals surface area contributed by atoms with Crippen molar-refractivity contribution in [1.82, 2.24) is 5.32 Å². The molecule has 1 unspecified atom stereocenters. The molecular weight excluding hydrogens is 216 g/mol. The van der Waals surface area contributed by atoms with Crippen LogP contribution in [0.2, 0.25) is 0 Å². The van der Waals surface area contributed by atoms with Gasteiger partial charge in [0, 0.05) is 13.2 Å². The normalized spacial score (nSPS) is 12.1. The molecule has 1 aromatic rings. The number of hydrogen-bond donors (Lipinski definition) is 2. The summed E-state index contributed by atoms with van der Waals surface area (Å²) in [6, 6.07) is 10.1. The summed E-state index contributed by atoms with van der Waals surface area (Å²) in [5.41, 5.74) is 6.33. The molecule has 0 aromatic heterocycles. The third kappa shape index (κ3) is 5.47. The predicted octanol–water partition coefficient (Wildman–Crippen LogP) is 1.23. The van der Waals surface area contributed by atoms with Crippen molar-refractivity contribution in [2.45, 2.75) is 19.4 Å². The molecule has 0 bridgehead atoms. The number of nitrogens with two attached hydrogens (primary N) is 1. The highest BCUT2D eigenvalue weighted by Gasteiger charge is 2.04. The minimum atomic E-state index is -0.124. The average Bonchev–Trinajstić information content (AvgIpc) is 2.38. The highest BCUT2D eigenvalue weighted by atomic mass is 16.5. The van der Waals surface area contributed by atoms with Gasteiger partial charge >= 0.3 is 0 Å². The van der Waals surface area contributed by atoms with Crippen LogP contribution in [0.4, 0.5) is 0 Å². The molecule has 1 aromatic carbocycles. The van der Waals surface area contributed by atoms with Gasteiger partial charge in [0.25, 0.3) is 0 Å². The van der Waals surface area contributed by atoms with Crippen molar-refractivity contribution >= 4 is 5.91 Å². The van der Waals surface area contributed by atoms with Crippen LogP contribution in [0.1, 0.15) is 25.0 Å². The third-order valence-electron chi connectivity index (χ3n) is 2.47. The van der Waals surface area contributed by atoms with Crippen LogP contribution in [-0.2, 0) is 9.53 Å². The highest BCUT2D eigenvalue weighted by molar-refractivity contribution is 5.77. The van der Waals surface area contributed by atoms with Crippen molar-refractivity contribution in [1.29, 1.82) is 0 Å². The molecule has 0 fully saturated rings. The maximum Gasteiger partial charge on any atom is 0.233 e. The third-order valence-corrected chi connectivity index (χ3v) is 2.47. The summed E-state index contributed by atoms with van der Waals surface area (Å²) in [6.07, 6.45) is 0.879. The largest absolute Gasteiger partial charge is 0.374 e. The Morgan fingerprint density at radius 3 is 2.76 bits per heavy atom. The minimum Gasteiger partial charge on any atom is -0.374 e. The molecule has 0 saturated carbocycles. The van der Waals surface area contributed by atoms with Gasteiger partial charge in [-0.25, -0.2) is 0 Å². The van der Waals surface area contributed by atoms with Crippen LogP contribution in [0, 0.1) is 0 Å². The predicted molar refractivity (Wildman–Crippen MR) is 67.5 cm³/mol. The second-order valence-electron chi connectivity index (χ2n) is 3.83. The smallest absolute Gasteiger partial charge is 0.233 e. The molecule has 0 aliphatic carbocycles. The van der Waals surface area contributed by atoms with E-state index in [0.717, 1.165) is 6.42 Å². The van der Waals surface area contributed by atoms with Gasteiger partial charge in [0.05, 0.1) is 12.6 Å². The second kappa shape index (κ2) is 7.81. The molecule has 0 heterocycles. The standard InChI is InChI=1S/C13H20N2O2/c1-11(12-6-3-2-4-7-12)17-9-5-8-15-13(16)10-14/h2-4,6-7,11H,5,8-10,14H2,1H3,(H,15,16). The average molecular weight is 236 g/mol. The Hall–Kier alpha value is -1.39. The van der Waals surface area contributed by atoms with E-state index in [-0.39, 0.29) is 18.6 Å². The Morgan fingerprint density at radius 2 is 2.12 bits per heavy atom. The molecule has 4 heteroatoms. The van der Waals surface area contributed by atoms with Gasteiger partial charge in [-0.15, -0.1) is 0 Å². The van der Waals surface area contributed by atoms with Crippen LogP contribution in [0.5, 0.6) is 0 Å². The van der Waals surface area contributed by atoms with Crippen molar-refractivity contribution < 1.29 is 9.53 Å².